The lowest BCUT2D eigenvalue weighted by Gasteiger charge is -2.42. The van der Waals surface area contributed by atoms with E-state index in [0.717, 1.165) is 0 Å². The van der Waals surface area contributed by atoms with Crippen LogP contribution in [0.1, 0.15) is 18.1 Å². The summed E-state index contributed by atoms with van der Waals surface area (Å²) in [7, 11) is -3.88. The van der Waals surface area contributed by atoms with E-state index in [4.69, 9.17) is 9.47 Å². The Morgan fingerprint density at radius 3 is 1.37 bits per heavy atom. The number of ether oxygens (including phenoxy) is 2. The Hall–Kier alpha value is -3.56. The quantitative estimate of drug-likeness (QED) is 0.165. The van der Waals surface area contributed by atoms with Crippen molar-refractivity contribution in [3.63, 3.8) is 0 Å². The molecule has 0 heterocycles. The van der Waals surface area contributed by atoms with Crippen molar-refractivity contribution in [3.8, 4) is 0 Å². The van der Waals surface area contributed by atoms with Crippen LogP contribution in [-0.2, 0) is 18.6 Å². The summed E-state index contributed by atoms with van der Waals surface area (Å²) in [5.41, 5.74) is -0.824. The first-order chi connectivity index (χ1) is 22.4. The predicted molar refractivity (Wildman–Crippen MR) is 188 cm³/mol. The van der Waals surface area contributed by atoms with Gasteiger partial charge in [0, 0.05) is 47.0 Å². The molecule has 0 aliphatic heterocycles. The second kappa shape index (κ2) is 14.1. The van der Waals surface area contributed by atoms with Gasteiger partial charge < -0.3 is 23.7 Å². The molecule has 0 amide bonds. The molecule has 5 nitrogen and oxygen atoms in total. The molecule has 1 N–H and O–H groups in total. The smallest absolute Gasteiger partial charge is 0.149 e. The van der Waals surface area contributed by atoms with Gasteiger partial charge >= 0.3 is 0 Å². The standard InChI is InChI=1S/C39H40O5P2/c1-43-34-28-35(45(41,30-20-10-4-11-21-30)31-22-12-5-13-23-31)36(38(34)44-2)39(37(40)29-18-8-3-9-19-29)46(42,32-24-14-6-15-25-32)33-26-16-7-17-27-33/h3-27,34-40H,28H2,1-2H3/t34-,35-,36+,37?,38+,39?/m0/s1. The molecule has 1 saturated carbocycles. The van der Waals surface area contributed by atoms with E-state index in [1.54, 1.807) is 14.2 Å². The Morgan fingerprint density at radius 1 is 0.587 bits per heavy atom. The third kappa shape index (κ3) is 5.77. The largest absolute Gasteiger partial charge is 0.388 e. The molecule has 6 atom stereocenters. The fourth-order valence-corrected chi connectivity index (χ4v) is 14.9. The minimum Gasteiger partial charge on any atom is -0.388 e. The zero-order valence-electron chi connectivity index (χ0n) is 26.1. The highest BCUT2D eigenvalue weighted by atomic mass is 31.2. The molecule has 0 radical (unpaired) electrons. The minimum absolute atomic E-state index is 0.405. The Bertz CT molecular complexity index is 1700. The third-order valence-corrected chi connectivity index (χ3v) is 16.8. The molecule has 6 rings (SSSR count). The van der Waals surface area contributed by atoms with E-state index in [1.807, 2.05) is 152 Å². The lowest BCUT2D eigenvalue weighted by molar-refractivity contribution is -0.0407. The maximum absolute atomic E-state index is 16.4. The van der Waals surface area contributed by atoms with Crippen LogP contribution in [0.3, 0.4) is 0 Å². The van der Waals surface area contributed by atoms with E-state index in [1.165, 1.54) is 0 Å². The van der Waals surface area contributed by atoms with Crippen molar-refractivity contribution in [3.05, 3.63) is 157 Å². The summed E-state index contributed by atoms with van der Waals surface area (Å²) in [5.74, 6) is -0.636. The number of methoxy groups -OCH3 is 2. The van der Waals surface area contributed by atoms with Gasteiger partial charge in [0.25, 0.3) is 0 Å². The van der Waals surface area contributed by atoms with Crippen LogP contribution in [-0.4, -0.2) is 42.9 Å². The minimum atomic E-state index is -3.69. The average molecular weight is 651 g/mol. The molecular formula is C39H40O5P2. The monoisotopic (exact) mass is 650 g/mol. The van der Waals surface area contributed by atoms with Crippen molar-refractivity contribution in [1.29, 1.82) is 0 Å². The van der Waals surface area contributed by atoms with Crippen molar-refractivity contribution in [2.24, 2.45) is 5.92 Å². The number of aliphatic hydroxyl groups is 1. The number of benzene rings is 5. The summed E-state index contributed by atoms with van der Waals surface area (Å²) in [5, 5.41) is 15.3. The summed E-state index contributed by atoms with van der Waals surface area (Å²) < 4.78 is 44.9. The van der Waals surface area contributed by atoms with Crippen LogP contribution in [0.5, 0.6) is 0 Å². The first-order valence-electron chi connectivity index (χ1n) is 15.6. The normalized spacial score (nSPS) is 21.5. The molecular weight excluding hydrogens is 610 g/mol. The van der Waals surface area contributed by atoms with E-state index >= 15 is 9.13 Å². The van der Waals surface area contributed by atoms with Gasteiger partial charge in [0.05, 0.1) is 24.0 Å². The van der Waals surface area contributed by atoms with Crippen molar-refractivity contribution in [2.45, 2.75) is 36.1 Å². The van der Waals surface area contributed by atoms with Crippen LogP contribution in [0, 0.1) is 5.92 Å². The van der Waals surface area contributed by atoms with Crippen molar-refractivity contribution >= 4 is 35.5 Å². The van der Waals surface area contributed by atoms with Crippen LogP contribution < -0.4 is 21.2 Å². The van der Waals surface area contributed by atoms with Gasteiger partial charge in [-0.2, -0.15) is 0 Å². The molecule has 46 heavy (non-hydrogen) atoms. The molecule has 0 spiro atoms. The molecule has 0 aromatic heterocycles. The molecule has 1 aliphatic rings. The van der Waals surface area contributed by atoms with Gasteiger partial charge in [-0.05, 0) is 12.0 Å². The van der Waals surface area contributed by atoms with Crippen LogP contribution in [0.2, 0.25) is 0 Å². The molecule has 5 aromatic rings. The summed E-state index contributed by atoms with van der Waals surface area (Å²) >= 11 is 0. The highest BCUT2D eigenvalue weighted by Gasteiger charge is 2.60. The maximum atomic E-state index is 16.4. The Kier molecular flexibility index (Phi) is 9.89. The molecule has 0 bridgehead atoms. The van der Waals surface area contributed by atoms with Crippen LogP contribution in [0.15, 0.2) is 152 Å². The van der Waals surface area contributed by atoms with Crippen molar-refractivity contribution in [1.82, 2.24) is 0 Å². The summed E-state index contributed by atoms with van der Waals surface area (Å²) in [6.45, 7) is 0. The SMILES string of the molecule is CO[C@H]1[C@H](C(C(O)c2ccccc2)P(=O)(c2ccccc2)c2ccccc2)[C@@H](P(=O)(c2ccccc2)c2ccccc2)C[C@@H]1OC. The fourth-order valence-electron chi connectivity index (χ4n) is 7.47. The Morgan fingerprint density at radius 2 is 0.978 bits per heavy atom. The maximum Gasteiger partial charge on any atom is 0.149 e. The summed E-state index contributed by atoms with van der Waals surface area (Å²) in [6.07, 6.45) is -1.80. The molecule has 1 aliphatic carbocycles. The van der Waals surface area contributed by atoms with Crippen LogP contribution >= 0.6 is 14.3 Å². The van der Waals surface area contributed by atoms with Gasteiger partial charge in [-0.25, -0.2) is 0 Å². The van der Waals surface area contributed by atoms with E-state index in [9.17, 15) is 5.11 Å². The van der Waals surface area contributed by atoms with Gasteiger partial charge in [0.15, 0.2) is 0 Å². The first kappa shape index (κ1) is 32.4. The van der Waals surface area contributed by atoms with E-state index in [-0.39, 0.29) is 0 Å². The topological polar surface area (TPSA) is 72.8 Å². The molecule has 2 unspecified atom stereocenters. The second-order valence-corrected chi connectivity index (χ2v) is 17.8. The molecule has 0 saturated heterocycles. The number of hydrogen-bond acceptors (Lipinski definition) is 5. The summed E-state index contributed by atoms with van der Waals surface area (Å²) in [6, 6.07) is 47.4. The zero-order valence-corrected chi connectivity index (χ0v) is 27.9. The first-order valence-corrected chi connectivity index (χ1v) is 19.2. The molecule has 236 valence electrons. The number of hydrogen-bond donors (Lipinski definition) is 1. The number of rotatable bonds is 11. The summed E-state index contributed by atoms with van der Waals surface area (Å²) in [4.78, 5) is 0. The highest BCUT2D eigenvalue weighted by molar-refractivity contribution is 7.80. The fraction of sp³-hybridized carbons (Fsp3) is 0.231. The van der Waals surface area contributed by atoms with E-state index in [2.05, 4.69) is 0 Å². The van der Waals surface area contributed by atoms with Gasteiger partial charge in [-0.1, -0.05) is 152 Å². The van der Waals surface area contributed by atoms with Crippen LogP contribution in [0.25, 0.3) is 0 Å². The van der Waals surface area contributed by atoms with E-state index < -0.39 is 49.8 Å². The predicted octanol–water partition coefficient (Wildman–Crippen LogP) is 6.54. The van der Waals surface area contributed by atoms with Gasteiger partial charge in [0.2, 0.25) is 0 Å². The lowest BCUT2D eigenvalue weighted by atomic mass is 9.92. The molecule has 7 heteroatoms. The van der Waals surface area contributed by atoms with E-state index in [0.29, 0.717) is 33.2 Å². The lowest BCUT2D eigenvalue weighted by Crippen LogP contribution is -2.46. The van der Waals surface area contributed by atoms with Gasteiger partial charge in [-0.3, -0.25) is 0 Å². The third-order valence-electron chi connectivity index (χ3n) is 9.54. The van der Waals surface area contributed by atoms with Crippen molar-refractivity contribution < 1.29 is 23.7 Å². The zero-order chi connectivity index (χ0) is 32.1. The Balaban J connectivity index is 1.68. The second-order valence-electron chi connectivity index (χ2n) is 11.9. The van der Waals surface area contributed by atoms with Crippen LogP contribution in [0.4, 0.5) is 0 Å². The molecule has 1 fully saturated rings. The highest BCUT2D eigenvalue weighted by Crippen LogP contribution is 2.65. The van der Waals surface area contributed by atoms with Gasteiger partial charge in [0.1, 0.15) is 14.3 Å². The number of aliphatic hydroxyl groups excluding tert-OH is 1. The van der Waals surface area contributed by atoms with Gasteiger partial charge in [-0.15, -0.1) is 0 Å². The van der Waals surface area contributed by atoms with Crippen molar-refractivity contribution in [2.75, 3.05) is 14.2 Å². The molecule has 5 aromatic carbocycles. The Labute approximate surface area is 272 Å². The average Bonchev–Trinajstić information content (AvgIpc) is 3.51.